The molecule has 2 aromatic heterocycles. The monoisotopic (exact) mass is 321 g/mol. The van der Waals surface area contributed by atoms with Gasteiger partial charge in [0, 0.05) is 21.3 Å². The number of aromatic amines is 1. The molecule has 2 aromatic carbocycles. The molecule has 4 nitrogen and oxygen atoms in total. The van der Waals surface area contributed by atoms with Crippen molar-refractivity contribution in [1.29, 1.82) is 0 Å². The van der Waals surface area contributed by atoms with E-state index in [9.17, 15) is 4.79 Å². The van der Waals surface area contributed by atoms with Crippen LogP contribution in [-0.2, 0) is 0 Å². The third kappa shape index (κ3) is 2.64. The van der Waals surface area contributed by atoms with Crippen LogP contribution < -0.4 is 5.32 Å². The van der Waals surface area contributed by atoms with Crippen LogP contribution in [0.1, 0.15) is 10.5 Å². The van der Waals surface area contributed by atoms with Crippen LogP contribution in [0.3, 0.4) is 0 Å². The van der Waals surface area contributed by atoms with E-state index in [0.717, 1.165) is 21.8 Å². The van der Waals surface area contributed by atoms with Crippen molar-refractivity contribution < 1.29 is 4.79 Å². The van der Waals surface area contributed by atoms with E-state index < -0.39 is 0 Å². The number of H-pyrrole nitrogens is 1. The van der Waals surface area contributed by atoms with Gasteiger partial charge >= 0.3 is 0 Å². The lowest BCUT2D eigenvalue weighted by molar-refractivity contribution is 0.102. The normalized spacial score (nSPS) is 11.0. The zero-order valence-corrected chi connectivity index (χ0v) is 12.8. The Balaban J connectivity index is 1.64. The molecule has 0 saturated carbocycles. The highest BCUT2D eigenvalue weighted by molar-refractivity contribution is 6.31. The van der Waals surface area contributed by atoms with Crippen LogP contribution >= 0.6 is 11.6 Å². The number of fused-ring (bicyclic) bond motifs is 2. The Morgan fingerprint density at radius 2 is 1.91 bits per heavy atom. The van der Waals surface area contributed by atoms with Crippen molar-refractivity contribution in [1.82, 2.24) is 9.97 Å². The molecular formula is C18H12ClN3O. The molecule has 2 N–H and O–H groups in total. The largest absolute Gasteiger partial charge is 0.351 e. The number of benzene rings is 2. The molecule has 4 aromatic rings. The quantitative estimate of drug-likeness (QED) is 0.566. The van der Waals surface area contributed by atoms with E-state index in [2.05, 4.69) is 15.3 Å². The third-order valence-corrected chi connectivity index (χ3v) is 3.91. The summed E-state index contributed by atoms with van der Waals surface area (Å²) in [6.07, 6.45) is 1.65. The Morgan fingerprint density at radius 3 is 2.83 bits per heavy atom. The van der Waals surface area contributed by atoms with Gasteiger partial charge in [0.1, 0.15) is 5.69 Å². The molecule has 5 heteroatoms. The predicted octanol–water partition coefficient (Wildman–Crippen LogP) is 4.62. The van der Waals surface area contributed by atoms with Crippen LogP contribution in [0.2, 0.25) is 5.02 Å². The minimum atomic E-state index is -0.214. The topological polar surface area (TPSA) is 57.8 Å². The lowest BCUT2D eigenvalue weighted by atomic mass is 10.2. The zero-order chi connectivity index (χ0) is 15.8. The third-order valence-electron chi connectivity index (χ3n) is 3.68. The van der Waals surface area contributed by atoms with Crippen molar-refractivity contribution in [3.05, 3.63) is 71.5 Å². The lowest BCUT2D eigenvalue weighted by Crippen LogP contribution is -2.12. The fraction of sp³-hybridized carbons (Fsp3) is 0. The summed E-state index contributed by atoms with van der Waals surface area (Å²) in [5.74, 6) is -0.214. The zero-order valence-electron chi connectivity index (χ0n) is 12.0. The number of carbonyl (C=O) groups is 1. The van der Waals surface area contributed by atoms with Gasteiger partial charge in [0.25, 0.3) is 5.91 Å². The summed E-state index contributed by atoms with van der Waals surface area (Å²) in [7, 11) is 0. The lowest BCUT2D eigenvalue weighted by Gasteiger charge is -2.04. The molecule has 0 atom stereocenters. The molecule has 0 bridgehead atoms. The van der Waals surface area contributed by atoms with E-state index >= 15 is 0 Å². The Bertz CT molecular complexity index is 1040. The van der Waals surface area contributed by atoms with Gasteiger partial charge in [0.2, 0.25) is 0 Å². The second kappa shape index (κ2) is 5.41. The van der Waals surface area contributed by atoms with Gasteiger partial charge in [-0.2, -0.15) is 0 Å². The van der Waals surface area contributed by atoms with Gasteiger partial charge < -0.3 is 10.3 Å². The molecule has 0 saturated heterocycles. The Labute approximate surface area is 137 Å². The summed E-state index contributed by atoms with van der Waals surface area (Å²) in [5.41, 5.74) is 2.91. The maximum atomic E-state index is 12.4. The highest BCUT2D eigenvalue weighted by Gasteiger charge is 2.10. The molecular weight excluding hydrogens is 310 g/mol. The first-order valence-corrected chi connectivity index (χ1v) is 7.51. The number of pyridine rings is 1. The van der Waals surface area contributed by atoms with E-state index in [0.29, 0.717) is 16.4 Å². The van der Waals surface area contributed by atoms with Crippen molar-refractivity contribution in [2.24, 2.45) is 0 Å². The van der Waals surface area contributed by atoms with Crippen molar-refractivity contribution in [3.63, 3.8) is 0 Å². The molecule has 0 fully saturated rings. The van der Waals surface area contributed by atoms with Crippen LogP contribution in [0.5, 0.6) is 0 Å². The second-order valence-electron chi connectivity index (χ2n) is 5.29. The molecule has 0 unspecified atom stereocenters. The fourth-order valence-corrected chi connectivity index (χ4v) is 2.74. The summed E-state index contributed by atoms with van der Waals surface area (Å²) < 4.78 is 0. The number of aromatic nitrogens is 2. The highest BCUT2D eigenvalue weighted by atomic mass is 35.5. The highest BCUT2D eigenvalue weighted by Crippen LogP contribution is 2.21. The van der Waals surface area contributed by atoms with E-state index in [1.807, 2.05) is 42.5 Å². The minimum absolute atomic E-state index is 0.214. The summed E-state index contributed by atoms with van der Waals surface area (Å²) in [6.45, 7) is 0. The first kappa shape index (κ1) is 13.8. The standard InChI is InChI=1S/C18H12ClN3O/c19-13-5-6-16-12(7-13)9-17(22-16)18(23)21-14-8-11-3-1-2-4-15(11)20-10-14/h1-10,22H,(H,21,23). The molecule has 4 rings (SSSR count). The van der Waals surface area contributed by atoms with Crippen LogP contribution in [0.4, 0.5) is 5.69 Å². The maximum absolute atomic E-state index is 12.4. The van der Waals surface area contributed by atoms with Gasteiger partial charge in [0.15, 0.2) is 0 Å². The van der Waals surface area contributed by atoms with Crippen LogP contribution in [0.25, 0.3) is 21.8 Å². The summed E-state index contributed by atoms with van der Waals surface area (Å²) >= 11 is 5.97. The van der Waals surface area contributed by atoms with Crippen molar-refractivity contribution in [2.45, 2.75) is 0 Å². The van der Waals surface area contributed by atoms with Crippen LogP contribution in [0.15, 0.2) is 60.8 Å². The minimum Gasteiger partial charge on any atom is -0.351 e. The van der Waals surface area contributed by atoms with E-state index in [-0.39, 0.29) is 5.91 Å². The molecule has 112 valence electrons. The van der Waals surface area contributed by atoms with Crippen LogP contribution in [0, 0.1) is 0 Å². The van der Waals surface area contributed by atoms with E-state index in [1.54, 1.807) is 18.3 Å². The molecule has 0 radical (unpaired) electrons. The van der Waals surface area contributed by atoms with E-state index in [1.165, 1.54) is 0 Å². The molecule has 1 amide bonds. The van der Waals surface area contributed by atoms with Gasteiger partial charge in [-0.3, -0.25) is 9.78 Å². The van der Waals surface area contributed by atoms with Gasteiger partial charge in [-0.15, -0.1) is 0 Å². The summed E-state index contributed by atoms with van der Waals surface area (Å²) in [5, 5.41) is 5.38. The molecule has 0 aliphatic carbocycles. The number of anilines is 1. The van der Waals surface area contributed by atoms with Crippen molar-refractivity contribution in [2.75, 3.05) is 5.32 Å². The van der Waals surface area contributed by atoms with Crippen LogP contribution in [-0.4, -0.2) is 15.9 Å². The number of carbonyl (C=O) groups excluding carboxylic acids is 1. The molecule has 0 spiro atoms. The number of nitrogens with zero attached hydrogens (tertiary/aromatic N) is 1. The first-order chi connectivity index (χ1) is 11.2. The average Bonchev–Trinajstić information content (AvgIpc) is 2.98. The Kier molecular flexibility index (Phi) is 3.24. The smallest absolute Gasteiger partial charge is 0.272 e. The van der Waals surface area contributed by atoms with Crippen molar-refractivity contribution >= 4 is 45.0 Å². The maximum Gasteiger partial charge on any atom is 0.272 e. The molecule has 2 heterocycles. The SMILES string of the molecule is O=C(Nc1cnc2ccccc2c1)c1cc2cc(Cl)ccc2[nH]1. The first-order valence-electron chi connectivity index (χ1n) is 7.13. The number of nitrogens with one attached hydrogen (secondary N) is 2. The van der Waals surface area contributed by atoms with Crippen molar-refractivity contribution in [3.8, 4) is 0 Å². The number of amides is 1. The van der Waals surface area contributed by atoms with Gasteiger partial charge in [-0.05, 0) is 36.4 Å². The Hall–Kier alpha value is -2.85. The predicted molar refractivity (Wildman–Crippen MR) is 93.0 cm³/mol. The average molecular weight is 322 g/mol. The van der Waals surface area contributed by atoms with Gasteiger partial charge in [-0.25, -0.2) is 0 Å². The fourth-order valence-electron chi connectivity index (χ4n) is 2.56. The number of hydrogen-bond donors (Lipinski definition) is 2. The molecule has 0 aliphatic heterocycles. The summed E-state index contributed by atoms with van der Waals surface area (Å²) in [6, 6.07) is 16.9. The second-order valence-corrected chi connectivity index (χ2v) is 5.72. The number of halogens is 1. The van der Waals surface area contributed by atoms with Gasteiger partial charge in [0.05, 0.1) is 17.4 Å². The van der Waals surface area contributed by atoms with E-state index in [4.69, 9.17) is 11.6 Å². The number of para-hydroxylation sites is 1. The molecule has 23 heavy (non-hydrogen) atoms. The Morgan fingerprint density at radius 1 is 1.04 bits per heavy atom. The number of rotatable bonds is 2. The number of hydrogen-bond acceptors (Lipinski definition) is 2. The molecule has 0 aliphatic rings. The van der Waals surface area contributed by atoms with Gasteiger partial charge in [-0.1, -0.05) is 29.8 Å². The summed E-state index contributed by atoms with van der Waals surface area (Å²) in [4.78, 5) is 19.8.